The monoisotopic (exact) mass is 323 g/mol. The third kappa shape index (κ3) is 5.38. The number of rotatable bonds is 8. The van der Waals surface area contributed by atoms with E-state index in [4.69, 9.17) is 5.26 Å². The molecule has 0 fully saturated rings. The zero-order valence-corrected chi connectivity index (χ0v) is 14.4. The van der Waals surface area contributed by atoms with E-state index in [9.17, 15) is 5.11 Å². The van der Waals surface area contributed by atoms with Gasteiger partial charge in [0.25, 0.3) is 0 Å². The molecule has 126 valence electrons. The van der Waals surface area contributed by atoms with Gasteiger partial charge in [0.15, 0.2) is 0 Å². The van der Waals surface area contributed by atoms with Crippen molar-refractivity contribution in [3.05, 3.63) is 65.2 Å². The van der Waals surface area contributed by atoms with Crippen LogP contribution in [0.1, 0.15) is 29.2 Å². The molecule has 0 aromatic heterocycles. The highest BCUT2D eigenvalue weighted by atomic mass is 16.3. The van der Waals surface area contributed by atoms with E-state index in [0.29, 0.717) is 19.5 Å². The average molecular weight is 323 g/mol. The molecule has 2 aromatic rings. The Bertz CT molecular complexity index is 659. The summed E-state index contributed by atoms with van der Waals surface area (Å²) in [6.45, 7) is 4.00. The van der Waals surface area contributed by atoms with Crippen LogP contribution in [0.3, 0.4) is 0 Å². The van der Waals surface area contributed by atoms with Gasteiger partial charge in [-0.15, -0.1) is 0 Å². The third-order valence-electron chi connectivity index (χ3n) is 4.07. The predicted octanol–water partition coefficient (Wildman–Crippen LogP) is 3.17. The van der Waals surface area contributed by atoms with Crippen molar-refractivity contribution >= 4 is 5.69 Å². The van der Waals surface area contributed by atoms with Crippen molar-refractivity contribution in [2.24, 2.45) is 0 Å². The first-order valence-corrected chi connectivity index (χ1v) is 8.22. The lowest BCUT2D eigenvalue weighted by atomic mass is 10.1. The van der Waals surface area contributed by atoms with Gasteiger partial charge in [0.05, 0.1) is 18.6 Å². The van der Waals surface area contributed by atoms with E-state index in [1.165, 1.54) is 11.1 Å². The fourth-order valence-electron chi connectivity index (χ4n) is 2.47. The van der Waals surface area contributed by atoms with Crippen molar-refractivity contribution in [1.29, 1.82) is 5.26 Å². The van der Waals surface area contributed by atoms with Crippen molar-refractivity contribution < 1.29 is 5.11 Å². The molecule has 0 spiro atoms. The van der Waals surface area contributed by atoms with Crippen molar-refractivity contribution in [3.8, 4) is 6.07 Å². The van der Waals surface area contributed by atoms with E-state index >= 15 is 0 Å². The lowest BCUT2D eigenvalue weighted by Gasteiger charge is -2.18. The van der Waals surface area contributed by atoms with Gasteiger partial charge < -0.3 is 15.3 Å². The Morgan fingerprint density at radius 1 is 1.12 bits per heavy atom. The van der Waals surface area contributed by atoms with Crippen molar-refractivity contribution in [3.63, 3.8) is 0 Å². The minimum atomic E-state index is -0.498. The molecule has 2 aromatic carbocycles. The van der Waals surface area contributed by atoms with Crippen molar-refractivity contribution in [1.82, 2.24) is 5.32 Å². The van der Waals surface area contributed by atoms with Gasteiger partial charge in [-0.25, -0.2) is 0 Å². The lowest BCUT2D eigenvalue weighted by molar-refractivity contribution is 0.174. The van der Waals surface area contributed by atoms with Crippen LogP contribution in [0.15, 0.2) is 48.5 Å². The highest BCUT2D eigenvalue weighted by molar-refractivity contribution is 5.46. The quantitative estimate of drug-likeness (QED) is 0.783. The Morgan fingerprint density at radius 2 is 1.79 bits per heavy atom. The van der Waals surface area contributed by atoms with Gasteiger partial charge in [0, 0.05) is 32.4 Å². The molecule has 1 atom stereocenters. The second kappa shape index (κ2) is 9.07. The first kappa shape index (κ1) is 18.0. The molecule has 0 radical (unpaired) electrons. The van der Waals surface area contributed by atoms with Crippen LogP contribution in [-0.2, 0) is 6.54 Å². The fourth-order valence-corrected chi connectivity index (χ4v) is 2.47. The lowest BCUT2D eigenvalue weighted by Crippen LogP contribution is -2.21. The molecule has 0 aliphatic carbocycles. The number of nitrogens with zero attached hydrogens (tertiary/aromatic N) is 2. The third-order valence-corrected chi connectivity index (χ3v) is 4.07. The fraction of sp³-hybridized carbons (Fsp3) is 0.350. The van der Waals surface area contributed by atoms with Crippen molar-refractivity contribution in [2.45, 2.75) is 26.0 Å². The maximum atomic E-state index is 10.2. The first-order chi connectivity index (χ1) is 11.6. The normalized spacial score (nSPS) is 11.8. The van der Waals surface area contributed by atoms with E-state index in [1.54, 1.807) is 0 Å². The Balaban J connectivity index is 1.80. The second-order valence-electron chi connectivity index (χ2n) is 6.05. The topological polar surface area (TPSA) is 59.3 Å². The zero-order chi connectivity index (χ0) is 17.4. The summed E-state index contributed by atoms with van der Waals surface area (Å²) in [7, 11) is 1.99. The number of nitriles is 1. The van der Waals surface area contributed by atoms with Gasteiger partial charge in [0.2, 0.25) is 0 Å². The van der Waals surface area contributed by atoms with Gasteiger partial charge >= 0.3 is 0 Å². The number of hydrogen-bond acceptors (Lipinski definition) is 4. The van der Waals surface area contributed by atoms with Crippen LogP contribution in [0.25, 0.3) is 0 Å². The Hall–Kier alpha value is -2.35. The number of aliphatic hydroxyl groups is 1. The Labute approximate surface area is 144 Å². The Morgan fingerprint density at radius 3 is 2.42 bits per heavy atom. The van der Waals surface area contributed by atoms with Crippen LogP contribution < -0.4 is 10.2 Å². The highest BCUT2D eigenvalue weighted by Crippen LogP contribution is 2.15. The minimum Gasteiger partial charge on any atom is -0.387 e. The number of benzene rings is 2. The van der Waals surface area contributed by atoms with E-state index < -0.39 is 6.10 Å². The molecular weight excluding hydrogens is 298 g/mol. The van der Waals surface area contributed by atoms with Crippen LogP contribution in [0.5, 0.6) is 0 Å². The molecule has 0 amide bonds. The molecular formula is C20H25N3O. The standard InChI is InChI=1S/C20H25N3O/c1-16-4-8-18(9-5-16)20(24)15-22-14-17-6-10-19(11-7-17)23(2)13-3-12-21/h4-11,20,22,24H,3,13-15H2,1-2H3. The van der Waals surface area contributed by atoms with Gasteiger partial charge in [0.1, 0.15) is 0 Å². The summed E-state index contributed by atoms with van der Waals surface area (Å²) in [5.74, 6) is 0. The minimum absolute atomic E-state index is 0.498. The highest BCUT2D eigenvalue weighted by Gasteiger charge is 2.06. The Kier molecular flexibility index (Phi) is 6.80. The van der Waals surface area contributed by atoms with Gasteiger partial charge in [-0.2, -0.15) is 5.26 Å². The molecule has 0 heterocycles. The summed E-state index contributed by atoms with van der Waals surface area (Å²) >= 11 is 0. The SMILES string of the molecule is Cc1ccc(C(O)CNCc2ccc(N(C)CCC#N)cc2)cc1. The summed E-state index contributed by atoms with van der Waals surface area (Å²) < 4.78 is 0. The number of anilines is 1. The first-order valence-electron chi connectivity index (χ1n) is 8.22. The molecule has 4 nitrogen and oxygen atoms in total. The maximum Gasteiger partial charge on any atom is 0.0914 e. The van der Waals surface area contributed by atoms with Crippen LogP contribution in [0, 0.1) is 18.3 Å². The molecule has 24 heavy (non-hydrogen) atoms. The van der Waals surface area contributed by atoms with Crippen LogP contribution in [0.4, 0.5) is 5.69 Å². The zero-order valence-electron chi connectivity index (χ0n) is 14.4. The molecule has 0 aliphatic heterocycles. The average Bonchev–Trinajstić information content (AvgIpc) is 2.60. The van der Waals surface area contributed by atoms with Gasteiger partial charge in [-0.1, -0.05) is 42.0 Å². The molecule has 0 bridgehead atoms. The molecule has 1 unspecified atom stereocenters. The number of aliphatic hydroxyl groups excluding tert-OH is 1. The summed E-state index contributed by atoms with van der Waals surface area (Å²) in [5, 5.41) is 22.1. The van der Waals surface area contributed by atoms with Crippen molar-refractivity contribution in [2.75, 3.05) is 25.0 Å². The molecule has 0 saturated heterocycles. The van der Waals surface area contributed by atoms with E-state index in [0.717, 1.165) is 17.8 Å². The van der Waals surface area contributed by atoms with Crippen LogP contribution >= 0.6 is 0 Å². The van der Waals surface area contributed by atoms with E-state index in [2.05, 4.69) is 40.6 Å². The molecule has 0 aliphatic rings. The molecule has 4 heteroatoms. The maximum absolute atomic E-state index is 10.2. The summed E-state index contributed by atoms with van der Waals surface area (Å²) in [6, 6.07) is 18.4. The molecule has 2 N–H and O–H groups in total. The number of nitrogens with one attached hydrogen (secondary N) is 1. The predicted molar refractivity (Wildman–Crippen MR) is 97.8 cm³/mol. The van der Waals surface area contributed by atoms with Gasteiger partial charge in [-0.05, 0) is 30.2 Å². The summed E-state index contributed by atoms with van der Waals surface area (Å²) in [4.78, 5) is 2.07. The van der Waals surface area contributed by atoms with Gasteiger partial charge in [-0.3, -0.25) is 0 Å². The van der Waals surface area contributed by atoms with Crippen LogP contribution in [-0.4, -0.2) is 25.2 Å². The summed E-state index contributed by atoms with van der Waals surface area (Å²) in [6.07, 6.45) is 0.0264. The smallest absolute Gasteiger partial charge is 0.0914 e. The second-order valence-corrected chi connectivity index (χ2v) is 6.05. The van der Waals surface area contributed by atoms with Crippen LogP contribution in [0.2, 0.25) is 0 Å². The molecule has 0 saturated carbocycles. The number of hydrogen-bond donors (Lipinski definition) is 2. The number of aryl methyl sites for hydroxylation is 1. The largest absolute Gasteiger partial charge is 0.387 e. The summed E-state index contributed by atoms with van der Waals surface area (Å²) in [5.41, 5.74) is 4.40. The van der Waals surface area contributed by atoms with E-state index in [1.807, 2.05) is 38.2 Å². The molecule has 2 rings (SSSR count). The van der Waals surface area contributed by atoms with E-state index in [-0.39, 0.29) is 0 Å².